The van der Waals surface area contributed by atoms with Gasteiger partial charge in [0.2, 0.25) is 11.7 Å². The van der Waals surface area contributed by atoms with Crippen LogP contribution in [0.5, 0.6) is 17.2 Å². The first-order valence-electron chi connectivity index (χ1n) is 5.40. The zero-order chi connectivity index (χ0) is 13.7. The van der Waals surface area contributed by atoms with Crippen LogP contribution in [0.4, 0.5) is 0 Å². The third-order valence-electron chi connectivity index (χ3n) is 2.38. The first-order chi connectivity index (χ1) is 8.49. The lowest BCUT2D eigenvalue weighted by Crippen LogP contribution is -2.41. The molecule has 6 heteroatoms. The van der Waals surface area contributed by atoms with Gasteiger partial charge in [0.05, 0.1) is 14.2 Å². The van der Waals surface area contributed by atoms with E-state index in [-0.39, 0.29) is 6.61 Å². The van der Waals surface area contributed by atoms with E-state index in [1.807, 2.05) is 6.92 Å². The monoisotopic (exact) mass is 254 g/mol. The Morgan fingerprint density at radius 2 is 1.78 bits per heavy atom. The van der Waals surface area contributed by atoms with E-state index in [9.17, 15) is 4.79 Å². The number of nitrogens with two attached hydrogens (primary N) is 2. The van der Waals surface area contributed by atoms with Gasteiger partial charge in [0.1, 0.15) is 12.6 Å². The maximum absolute atomic E-state index is 10.8. The Bertz CT molecular complexity index is 409. The largest absolute Gasteiger partial charge is 0.493 e. The minimum atomic E-state index is -0.874. The van der Waals surface area contributed by atoms with Gasteiger partial charge < -0.3 is 25.7 Å². The summed E-state index contributed by atoms with van der Waals surface area (Å²) in [6.45, 7) is 1.87. The Balaban J connectivity index is 2.95. The number of hydrogen-bond acceptors (Lipinski definition) is 5. The van der Waals surface area contributed by atoms with Gasteiger partial charge in [-0.05, 0) is 24.6 Å². The minimum Gasteiger partial charge on any atom is -0.493 e. The molecule has 18 heavy (non-hydrogen) atoms. The molecule has 100 valence electrons. The van der Waals surface area contributed by atoms with Gasteiger partial charge in [-0.25, -0.2) is 0 Å². The number of carbonyl (C=O) groups is 1. The predicted molar refractivity (Wildman–Crippen MR) is 66.9 cm³/mol. The number of aryl methyl sites for hydroxylation is 1. The van der Waals surface area contributed by atoms with Crippen LogP contribution in [-0.4, -0.2) is 32.8 Å². The molecule has 0 saturated carbocycles. The fraction of sp³-hybridized carbons (Fsp3) is 0.417. The Morgan fingerprint density at radius 1 is 1.28 bits per heavy atom. The van der Waals surface area contributed by atoms with Crippen LogP contribution in [-0.2, 0) is 4.79 Å². The highest BCUT2D eigenvalue weighted by Crippen LogP contribution is 2.38. The topological polar surface area (TPSA) is 96.8 Å². The van der Waals surface area contributed by atoms with Crippen LogP contribution < -0.4 is 25.7 Å². The minimum absolute atomic E-state index is 0.0366. The average molecular weight is 254 g/mol. The number of primary amides is 1. The standard InChI is InChI=1S/C12H18N2O4/c1-7-4-9(16-2)11(10(5-7)17-3)18-6-8(13)12(14)15/h4-5,8H,6,13H2,1-3H3,(H2,14,15). The van der Waals surface area contributed by atoms with Crippen LogP contribution in [0, 0.1) is 6.92 Å². The normalized spacial score (nSPS) is 11.8. The molecule has 0 aliphatic heterocycles. The van der Waals surface area contributed by atoms with Crippen molar-refractivity contribution in [2.75, 3.05) is 20.8 Å². The zero-order valence-corrected chi connectivity index (χ0v) is 10.7. The quantitative estimate of drug-likeness (QED) is 0.756. The molecule has 0 heterocycles. The highest BCUT2D eigenvalue weighted by molar-refractivity contribution is 5.79. The van der Waals surface area contributed by atoms with E-state index >= 15 is 0 Å². The lowest BCUT2D eigenvalue weighted by atomic mass is 10.2. The van der Waals surface area contributed by atoms with Gasteiger partial charge in [-0.1, -0.05) is 0 Å². The van der Waals surface area contributed by atoms with Crippen molar-refractivity contribution < 1.29 is 19.0 Å². The molecule has 0 saturated heterocycles. The number of carbonyl (C=O) groups excluding carboxylic acids is 1. The highest BCUT2D eigenvalue weighted by Gasteiger charge is 2.16. The summed E-state index contributed by atoms with van der Waals surface area (Å²) in [6.07, 6.45) is 0. The number of methoxy groups -OCH3 is 2. The molecule has 0 fully saturated rings. The smallest absolute Gasteiger partial charge is 0.237 e. The molecule has 1 unspecified atom stereocenters. The summed E-state index contributed by atoms with van der Waals surface area (Å²) < 4.78 is 15.9. The van der Waals surface area contributed by atoms with Crippen molar-refractivity contribution in [3.05, 3.63) is 17.7 Å². The van der Waals surface area contributed by atoms with Crippen LogP contribution in [0.25, 0.3) is 0 Å². The first-order valence-corrected chi connectivity index (χ1v) is 5.40. The molecule has 0 aromatic heterocycles. The highest BCUT2D eigenvalue weighted by atomic mass is 16.5. The summed E-state index contributed by atoms with van der Waals surface area (Å²) in [7, 11) is 3.05. The summed E-state index contributed by atoms with van der Waals surface area (Å²) in [5.41, 5.74) is 11.5. The van der Waals surface area contributed by atoms with Crippen molar-refractivity contribution in [1.82, 2.24) is 0 Å². The molecule has 0 spiro atoms. The summed E-state index contributed by atoms with van der Waals surface area (Å²) in [6, 6.07) is 2.72. The lowest BCUT2D eigenvalue weighted by molar-refractivity contribution is -0.119. The van der Waals surface area contributed by atoms with Gasteiger partial charge in [0, 0.05) is 0 Å². The Morgan fingerprint density at radius 3 is 2.17 bits per heavy atom. The molecule has 1 atom stereocenters. The Kier molecular flexibility index (Phi) is 4.79. The third kappa shape index (κ3) is 3.27. The molecule has 0 aliphatic rings. The average Bonchev–Trinajstić information content (AvgIpc) is 2.35. The van der Waals surface area contributed by atoms with Crippen LogP contribution in [0.2, 0.25) is 0 Å². The molecular weight excluding hydrogens is 236 g/mol. The second-order valence-corrected chi connectivity index (χ2v) is 3.82. The molecule has 1 aromatic rings. The maximum Gasteiger partial charge on any atom is 0.237 e. The van der Waals surface area contributed by atoms with Gasteiger partial charge in [0.15, 0.2) is 11.5 Å². The van der Waals surface area contributed by atoms with E-state index in [1.165, 1.54) is 14.2 Å². The number of benzene rings is 1. The number of ether oxygens (including phenoxy) is 3. The summed E-state index contributed by atoms with van der Waals surface area (Å²) >= 11 is 0. The van der Waals surface area contributed by atoms with E-state index in [0.29, 0.717) is 17.2 Å². The van der Waals surface area contributed by atoms with E-state index in [0.717, 1.165) is 5.56 Å². The number of amides is 1. The number of rotatable bonds is 6. The lowest BCUT2D eigenvalue weighted by Gasteiger charge is -2.16. The van der Waals surface area contributed by atoms with Crippen molar-refractivity contribution in [2.45, 2.75) is 13.0 Å². The van der Waals surface area contributed by atoms with Crippen molar-refractivity contribution in [1.29, 1.82) is 0 Å². The molecule has 1 rings (SSSR count). The zero-order valence-electron chi connectivity index (χ0n) is 10.7. The van der Waals surface area contributed by atoms with Crippen molar-refractivity contribution >= 4 is 5.91 Å². The Hall–Kier alpha value is -1.95. The molecular formula is C12H18N2O4. The molecule has 0 aliphatic carbocycles. The summed E-state index contributed by atoms with van der Waals surface area (Å²) in [5, 5.41) is 0. The fourth-order valence-electron chi connectivity index (χ4n) is 1.41. The molecule has 6 nitrogen and oxygen atoms in total. The second-order valence-electron chi connectivity index (χ2n) is 3.82. The maximum atomic E-state index is 10.8. The van der Waals surface area contributed by atoms with Gasteiger partial charge in [-0.3, -0.25) is 4.79 Å². The number of hydrogen-bond donors (Lipinski definition) is 2. The third-order valence-corrected chi connectivity index (χ3v) is 2.38. The molecule has 0 radical (unpaired) electrons. The van der Waals surface area contributed by atoms with Crippen molar-refractivity contribution in [3.63, 3.8) is 0 Å². The predicted octanol–water partition coefficient (Wildman–Crippen LogP) is 0.204. The first kappa shape index (κ1) is 14.1. The van der Waals surface area contributed by atoms with Crippen LogP contribution in [0.15, 0.2) is 12.1 Å². The van der Waals surface area contributed by atoms with Crippen molar-refractivity contribution in [2.24, 2.45) is 11.5 Å². The van der Waals surface area contributed by atoms with Gasteiger partial charge >= 0.3 is 0 Å². The van der Waals surface area contributed by atoms with E-state index < -0.39 is 11.9 Å². The van der Waals surface area contributed by atoms with Gasteiger partial charge in [-0.15, -0.1) is 0 Å². The fourth-order valence-corrected chi connectivity index (χ4v) is 1.41. The van der Waals surface area contributed by atoms with Gasteiger partial charge in [-0.2, -0.15) is 0 Å². The van der Waals surface area contributed by atoms with E-state index in [4.69, 9.17) is 25.7 Å². The summed E-state index contributed by atoms with van der Waals surface area (Å²) in [4.78, 5) is 10.8. The molecule has 1 amide bonds. The molecule has 0 bridgehead atoms. The SMILES string of the molecule is COc1cc(C)cc(OC)c1OCC(N)C(N)=O. The van der Waals surface area contributed by atoms with Crippen molar-refractivity contribution in [3.8, 4) is 17.2 Å². The molecule has 1 aromatic carbocycles. The molecule has 4 N–H and O–H groups in total. The second kappa shape index (κ2) is 6.11. The Labute approximate surface area is 106 Å². The van der Waals surface area contributed by atoms with Crippen LogP contribution in [0.1, 0.15) is 5.56 Å². The van der Waals surface area contributed by atoms with Crippen LogP contribution >= 0.6 is 0 Å². The van der Waals surface area contributed by atoms with E-state index in [1.54, 1.807) is 12.1 Å². The van der Waals surface area contributed by atoms with Crippen LogP contribution in [0.3, 0.4) is 0 Å². The van der Waals surface area contributed by atoms with Gasteiger partial charge in [0.25, 0.3) is 0 Å². The van der Waals surface area contributed by atoms with E-state index in [2.05, 4.69) is 0 Å². The summed E-state index contributed by atoms with van der Waals surface area (Å²) in [5.74, 6) is 0.814.